The Morgan fingerprint density at radius 2 is 1.40 bits per heavy atom. The summed E-state index contributed by atoms with van der Waals surface area (Å²) >= 11 is 0. The number of nitrogens with zero attached hydrogens (tertiary/aromatic N) is 2. The zero-order valence-electron chi connectivity index (χ0n) is 21.4. The lowest BCUT2D eigenvalue weighted by Crippen LogP contribution is -2.46. The highest BCUT2D eigenvalue weighted by Crippen LogP contribution is 2.36. The minimum absolute atomic E-state index is 0.102. The Morgan fingerprint density at radius 3 is 2.02 bits per heavy atom. The third-order valence-electron chi connectivity index (χ3n) is 6.76. The molecule has 0 radical (unpaired) electrons. The standard InChI is InChI=1S/C29H28F6N2O3/c30-28(31,32)24-15-21(16-25(17-24)29(33,34)35)19-40-26-7-2-1-5-22(26)8-9-36-10-12-37(13-11-36)18-20-4-3-6-23(14-20)27(38)39/h1-7,14-17H,8-13,18-19H2,(H,38,39). The molecule has 0 bridgehead atoms. The maximum atomic E-state index is 13.2. The highest BCUT2D eigenvalue weighted by Gasteiger charge is 2.37. The SMILES string of the molecule is O=C(O)c1cccc(CN2CCN(CCc3ccccc3OCc3cc(C(F)(F)F)cc(C(F)(F)F)c3)CC2)c1. The third-order valence-corrected chi connectivity index (χ3v) is 6.76. The molecule has 1 aliphatic rings. The summed E-state index contributed by atoms with van der Waals surface area (Å²) in [6, 6.07) is 15.3. The van der Waals surface area contributed by atoms with E-state index >= 15 is 0 Å². The van der Waals surface area contributed by atoms with Gasteiger partial charge in [-0.2, -0.15) is 26.3 Å². The first kappa shape index (κ1) is 29.4. The average molecular weight is 567 g/mol. The van der Waals surface area contributed by atoms with Gasteiger partial charge in [0.15, 0.2) is 0 Å². The molecule has 1 fully saturated rings. The van der Waals surface area contributed by atoms with Gasteiger partial charge >= 0.3 is 18.3 Å². The van der Waals surface area contributed by atoms with Crippen molar-refractivity contribution >= 4 is 5.97 Å². The van der Waals surface area contributed by atoms with Crippen molar-refractivity contribution in [2.45, 2.75) is 31.9 Å². The fraction of sp³-hybridized carbons (Fsp3) is 0.345. The van der Waals surface area contributed by atoms with E-state index in [2.05, 4.69) is 9.80 Å². The van der Waals surface area contributed by atoms with Crippen molar-refractivity contribution in [3.8, 4) is 5.75 Å². The van der Waals surface area contributed by atoms with Crippen LogP contribution in [0, 0.1) is 0 Å². The van der Waals surface area contributed by atoms with Crippen LogP contribution in [0.25, 0.3) is 0 Å². The first-order valence-electron chi connectivity index (χ1n) is 12.6. The van der Waals surface area contributed by atoms with Crippen LogP contribution in [0.2, 0.25) is 0 Å². The normalized spacial score (nSPS) is 15.2. The number of piperazine rings is 1. The zero-order valence-corrected chi connectivity index (χ0v) is 21.4. The number of carboxylic acids is 1. The van der Waals surface area contributed by atoms with E-state index < -0.39 is 36.1 Å². The predicted molar refractivity (Wildman–Crippen MR) is 136 cm³/mol. The van der Waals surface area contributed by atoms with E-state index in [0.717, 1.165) is 37.3 Å². The maximum Gasteiger partial charge on any atom is 0.416 e. The Balaban J connectivity index is 1.33. The van der Waals surface area contributed by atoms with Crippen molar-refractivity contribution in [2.24, 2.45) is 0 Å². The maximum absolute atomic E-state index is 13.2. The summed E-state index contributed by atoms with van der Waals surface area (Å²) in [6.45, 7) is 4.10. The van der Waals surface area contributed by atoms with Gasteiger partial charge in [0.25, 0.3) is 0 Å². The topological polar surface area (TPSA) is 53.0 Å². The van der Waals surface area contributed by atoms with Gasteiger partial charge in [0, 0.05) is 39.3 Å². The average Bonchev–Trinajstić information content (AvgIpc) is 2.91. The van der Waals surface area contributed by atoms with E-state index in [4.69, 9.17) is 4.74 Å². The Labute approximate surface area is 227 Å². The van der Waals surface area contributed by atoms with Crippen molar-refractivity contribution < 1.29 is 41.0 Å². The number of benzene rings is 3. The molecule has 40 heavy (non-hydrogen) atoms. The van der Waals surface area contributed by atoms with E-state index in [1.165, 1.54) is 0 Å². The molecular weight excluding hydrogens is 538 g/mol. The predicted octanol–water partition coefficient (Wildman–Crippen LogP) is 6.36. The van der Waals surface area contributed by atoms with Crippen molar-refractivity contribution in [1.29, 1.82) is 0 Å². The number of carboxylic acid groups (broad SMARTS) is 1. The van der Waals surface area contributed by atoms with Crippen molar-refractivity contribution in [1.82, 2.24) is 9.80 Å². The van der Waals surface area contributed by atoms with E-state index in [0.29, 0.717) is 37.4 Å². The van der Waals surface area contributed by atoms with Gasteiger partial charge in [0.1, 0.15) is 12.4 Å². The number of hydrogen-bond acceptors (Lipinski definition) is 4. The van der Waals surface area contributed by atoms with Crippen LogP contribution in [0.3, 0.4) is 0 Å². The molecule has 4 rings (SSSR count). The van der Waals surface area contributed by atoms with Crippen molar-refractivity contribution in [2.75, 3.05) is 32.7 Å². The fourth-order valence-electron chi connectivity index (χ4n) is 4.63. The van der Waals surface area contributed by atoms with Gasteiger partial charge in [-0.25, -0.2) is 4.79 Å². The summed E-state index contributed by atoms with van der Waals surface area (Å²) < 4.78 is 84.8. The Kier molecular flexibility index (Phi) is 9.05. The molecule has 0 atom stereocenters. The molecule has 0 spiro atoms. The largest absolute Gasteiger partial charge is 0.489 e. The summed E-state index contributed by atoms with van der Waals surface area (Å²) in [6.07, 6.45) is -9.24. The Hall–Kier alpha value is -3.57. The van der Waals surface area contributed by atoms with Crippen LogP contribution < -0.4 is 4.74 Å². The molecule has 1 aliphatic heterocycles. The first-order chi connectivity index (χ1) is 18.9. The quantitative estimate of drug-likeness (QED) is 0.306. The van der Waals surface area contributed by atoms with Crippen LogP contribution in [0.1, 0.15) is 38.2 Å². The summed E-state index contributed by atoms with van der Waals surface area (Å²) in [4.78, 5) is 15.7. The number of ether oxygens (including phenoxy) is 1. The number of para-hydroxylation sites is 1. The van der Waals surface area contributed by atoms with Crippen LogP contribution >= 0.6 is 0 Å². The van der Waals surface area contributed by atoms with E-state index in [1.807, 2.05) is 12.1 Å². The molecule has 214 valence electrons. The second-order valence-corrected chi connectivity index (χ2v) is 9.68. The van der Waals surface area contributed by atoms with Gasteiger partial charge in [0.2, 0.25) is 0 Å². The molecule has 0 amide bonds. The monoisotopic (exact) mass is 566 g/mol. The minimum Gasteiger partial charge on any atom is -0.489 e. The second-order valence-electron chi connectivity index (χ2n) is 9.68. The molecule has 3 aromatic rings. The molecular formula is C29H28F6N2O3. The lowest BCUT2D eigenvalue weighted by atomic mass is 10.0. The lowest BCUT2D eigenvalue weighted by Gasteiger charge is -2.34. The first-order valence-corrected chi connectivity index (χ1v) is 12.6. The van der Waals surface area contributed by atoms with Gasteiger partial charge in [-0.1, -0.05) is 30.3 Å². The number of aromatic carboxylic acids is 1. The molecule has 1 heterocycles. The van der Waals surface area contributed by atoms with Gasteiger partial charge in [-0.15, -0.1) is 0 Å². The van der Waals surface area contributed by atoms with Gasteiger partial charge < -0.3 is 14.7 Å². The van der Waals surface area contributed by atoms with E-state index in [1.54, 1.807) is 36.4 Å². The van der Waals surface area contributed by atoms with Crippen LogP contribution in [-0.4, -0.2) is 53.6 Å². The van der Waals surface area contributed by atoms with Crippen LogP contribution in [0.5, 0.6) is 5.75 Å². The molecule has 0 unspecified atom stereocenters. The molecule has 0 aromatic heterocycles. The molecule has 11 heteroatoms. The third kappa shape index (κ3) is 7.98. The highest BCUT2D eigenvalue weighted by atomic mass is 19.4. The summed E-state index contributed by atoms with van der Waals surface area (Å²) in [5.74, 6) is -0.553. The van der Waals surface area contributed by atoms with Crippen LogP contribution in [0.4, 0.5) is 26.3 Å². The molecule has 3 aromatic carbocycles. The number of hydrogen-bond donors (Lipinski definition) is 1. The molecule has 1 N–H and O–H groups in total. The van der Waals surface area contributed by atoms with Gasteiger partial charge in [-0.3, -0.25) is 4.90 Å². The van der Waals surface area contributed by atoms with Gasteiger partial charge in [-0.05, 0) is 59.5 Å². The number of alkyl halides is 6. The highest BCUT2D eigenvalue weighted by molar-refractivity contribution is 5.87. The summed E-state index contributed by atoms with van der Waals surface area (Å²) in [5.41, 5.74) is -0.972. The van der Waals surface area contributed by atoms with E-state index in [9.17, 15) is 36.2 Å². The molecule has 5 nitrogen and oxygen atoms in total. The smallest absolute Gasteiger partial charge is 0.416 e. The molecule has 0 saturated carbocycles. The zero-order chi connectivity index (χ0) is 28.9. The van der Waals surface area contributed by atoms with Crippen molar-refractivity contribution in [3.63, 3.8) is 0 Å². The molecule has 1 saturated heterocycles. The number of rotatable bonds is 9. The van der Waals surface area contributed by atoms with E-state index in [-0.39, 0.29) is 17.2 Å². The van der Waals surface area contributed by atoms with Gasteiger partial charge in [0.05, 0.1) is 16.7 Å². The van der Waals surface area contributed by atoms with Crippen LogP contribution in [0.15, 0.2) is 66.7 Å². The Morgan fingerprint density at radius 1 is 0.775 bits per heavy atom. The lowest BCUT2D eigenvalue weighted by molar-refractivity contribution is -0.143. The fourth-order valence-corrected chi connectivity index (χ4v) is 4.63. The second kappa shape index (κ2) is 12.3. The summed E-state index contributed by atoms with van der Waals surface area (Å²) in [7, 11) is 0. The van der Waals surface area contributed by atoms with Crippen molar-refractivity contribution in [3.05, 3.63) is 100 Å². The summed E-state index contributed by atoms with van der Waals surface area (Å²) in [5, 5.41) is 9.18. The Bertz CT molecular complexity index is 1290. The minimum atomic E-state index is -4.92. The molecule has 0 aliphatic carbocycles. The van der Waals surface area contributed by atoms with Crippen LogP contribution in [-0.2, 0) is 31.9 Å². The number of halogens is 6. The number of carbonyl (C=O) groups is 1.